The molecule has 7 heteroatoms. The van der Waals surface area contributed by atoms with Crippen molar-refractivity contribution in [3.05, 3.63) is 78.2 Å². The standard InChI is InChI=1S/C19H12Cl2N2O2S/c20-14-6-5-11(7-15(14)21)10-23-18(24)17(26-19(23)25)8-12-9-22-16-4-2-1-3-13(12)16/h1-9,24H,10H2/b12-8+. The summed E-state index contributed by atoms with van der Waals surface area (Å²) in [6, 6.07) is 12.9. The van der Waals surface area contributed by atoms with Crippen LogP contribution in [0.2, 0.25) is 10.0 Å². The van der Waals surface area contributed by atoms with Crippen LogP contribution in [-0.2, 0) is 6.54 Å². The van der Waals surface area contributed by atoms with E-state index < -0.39 is 0 Å². The van der Waals surface area contributed by atoms with Gasteiger partial charge in [-0.25, -0.2) is 0 Å². The van der Waals surface area contributed by atoms with Crippen molar-refractivity contribution in [3.63, 3.8) is 0 Å². The highest BCUT2D eigenvalue weighted by atomic mass is 35.5. The molecule has 1 N–H and O–H groups in total. The lowest BCUT2D eigenvalue weighted by molar-refractivity contribution is 0.420. The SMILES string of the molecule is O=c1sc(/C=C2\C=Nc3ccccc32)c(O)n1Cc1ccc(Cl)c(Cl)c1. The highest BCUT2D eigenvalue weighted by Gasteiger charge is 2.16. The minimum atomic E-state index is -0.247. The molecule has 0 spiro atoms. The first-order valence-corrected chi connectivity index (χ1v) is 9.32. The summed E-state index contributed by atoms with van der Waals surface area (Å²) in [4.78, 5) is 16.9. The van der Waals surface area contributed by atoms with Gasteiger partial charge >= 0.3 is 4.87 Å². The van der Waals surface area contributed by atoms with Crippen molar-refractivity contribution in [2.24, 2.45) is 4.99 Å². The zero-order valence-corrected chi connectivity index (χ0v) is 15.6. The predicted molar refractivity (Wildman–Crippen MR) is 108 cm³/mol. The number of hydrogen-bond acceptors (Lipinski definition) is 4. The summed E-state index contributed by atoms with van der Waals surface area (Å²) in [5.41, 5.74) is 3.49. The van der Waals surface area contributed by atoms with Gasteiger partial charge in [0, 0.05) is 17.4 Å². The van der Waals surface area contributed by atoms with Crippen LogP contribution in [0.25, 0.3) is 11.6 Å². The summed E-state index contributed by atoms with van der Waals surface area (Å²) in [5, 5.41) is 11.4. The molecule has 1 aliphatic heterocycles. The second kappa shape index (κ2) is 6.76. The molecule has 3 aromatic rings. The third kappa shape index (κ3) is 3.09. The van der Waals surface area contributed by atoms with Gasteiger partial charge in [0.05, 0.1) is 27.2 Å². The molecule has 0 saturated carbocycles. The van der Waals surface area contributed by atoms with Crippen LogP contribution < -0.4 is 4.87 Å². The molecule has 0 aliphatic carbocycles. The van der Waals surface area contributed by atoms with E-state index in [1.807, 2.05) is 24.3 Å². The molecule has 26 heavy (non-hydrogen) atoms. The number of halogens is 2. The molecule has 2 heterocycles. The van der Waals surface area contributed by atoms with Gasteiger partial charge in [-0.3, -0.25) is 14.4 Å². The molecule has 4 rings (SSSR count). The lowest BCUT2D eigenvalue weighted by atomic mass is 10.1. The minimum Gasteiger partial charge on any atom is -0.493 e. The Bertz CT molecular complexity index is 1130. The molecular formula is C19H12Cl2N2O2S. The van der Waals surface area contributed by atoms with Gasteiger partial charge in [0.15, 0.2) is 0 Å². The van der Waals surface area contributed by atoms with Crippen LogP contribution in [0.15, 0.2) is 52.3 Å². The Hall–Kier alpha value is -2.34. The van der Waals surface area contributed by atoms with E-state index in [1.54, 1.807) is 30.5 Å². The van der Waals surface area contributed by atoms with Gasteiger partial charge in [0.2, 0.25) is 5.88 Å². The molecule has 0 radical (unpaired) electrons. The van der Waals surface area contributed by atoms with Gasteiger partial charge < -0.3 is 5.11 Å². The van der Waals surface area contributed by atoms with E-state index >= 15 is 0 Å². The number of allylic oxidation sites excluding steroid dienone is 1. The number of aromatic nitrogens is 1. The first-order valence-electron chi connectivity index (χ1n) is 7.74. The first kappa shape index (κ1) is 17.1. The summed E-state index contributed by atoms with van der Waals surface area (Å²) in [6.07, 6.45) is 3.51. The maximum Gasteiger partial charge on any atom is 0.310 e. The maximum atomic E-state index is 12.3. The van der Waals surface area contributed by atoms with Crippen molar-refractivity contribution in [2.75, 3.05) is 0 Å². The van der Waals surface area contributed by atoms with Gasteiger partial charge in [0.25, 0.3) is 0 Å². The molecular weight excluding hydrogens is 391 g/mol. The van der Waals surface area contributed by atoms with Crippen molar-refractivity contribution >= 4 is 58.1 Å². The molecule has 0 amide bonds. The zero-order chi connectivity index (χ0) is 18.3. The van der Waals surface area contributed by atoms with Crippen LogP contribution in [0.1, 0.15) is 16.0 Å². The number of fused-ring (bicyclic) bond motifs is 1. The molecule has 2 aromatic carbocycles. The Morgan fingerprint density at radius 2 is 1.96 bits per heavy atom. The lowest BCUT2D eigenvalue weighted by Crippen LogP contribution is -2.13. The lowest BCUT2D eigenvalue weighted by Gasteiger charge is -2.05. The van der Waals surface area contributed by atoms with Crippen molar-refractivity contribution in [1.82, 2.24) is 4.57 Å². The molecule has 0 unspecified atom stereocenters. The van der Waals surface area contributed by atoms with Gasteiger partial charge in [-0.15, -0.1) is 0 Å². The number of para-hydroxylation sites is 1. The van der Waals surface area contributed by atoms with Crippen molar-refractivity contribution in [1.29, 1.82) is 0 Å². The van der Waals surface area contributed by atoms with Gasteiger partial charge in [-0.05, 0) is 29.8 Å². The third-order valence-corrected chi connectivity index (χ3v) is 5.72. The molecule has 1 aromatic heterocycles. The third-order valence-electron chi connectivity index (χ3n) is 4.06. The van der Waals surface area contributed by atoms with E-state index in [0.717, 1.165) is 33.7 Å². The Kier molecular flexibility index (Phi) is 4.44. The monoisotopic (exact) mass is 402 g/mol. The number of benzene rings is 2. The first-order chi connectivity index (χ1) is 12.5. The van der Waals surface area contributed by atoms with E-state index in [2.05, 4.69) is 4.99 Å². The maximum absolute atomic E-state index is 12.3. The van der Waals surface area contributed by atoms with Gasteiger partial charge in [-0.1, -0.05) is 58.8 Å². The van der Waals surface area contributed by atoms with Crippen LogP contribution in [0.5, 0.6) is 5.88 Å². The number of hydrogen-bond donors (Lipinski definition) is 1. The van der Waals surface area contributed by atoms with Crippen molar-refractivity contribution < 1.29 is 5.11 Å². The van der Waals surface area contributed by atoms with Gasteiger partial charge in [-0.2, -0.15) is 0 Å². The smallest absolute Gasteiger partial charge is 0.310 e. The second-order valence-corrected chi connectivity index (χ2v) is 7.57. The summed E-state index contributed by atoms with van der Waals surface area (Å²) >= 11 is 12.9. The van der Waals surface area contributed by atoms with Crippen molar-refractivity contribution in [2.45, 2.75) is 6.54 Å². The van der Waals surface area contributed by atoms with Gasteiger partial charge in [0.1, 0.15) is 0 Å². The van der Waals surface area contributed by atoms with Crippen LogP contribution in [0, 0.1) is 0 Å². The molecule has 4 nitrogen and oxygen atoms in total. The van der Waals surface area contributed by atoms with Crippen LogP contribution in [0.3, 0.4) is 0 Å². The normalized spacial score (nSPS) is 14.2. The van der Waals surface area contributed by atoms with Crippen LogP contribution in [-0.4, -0.2) is 15.9 Å². The highest BCUT2D eigenvalue weighted by Crippen LogP contribution is 2.34. The van der Waals surface area contributed by atoms with E-state index in [0.29, 0.717) is 14.9 Å². The molecule has 1 aliphatic rings. The predicted octanol–water partition coefficient (Wildman–Crippen LogP) is 5.23. The molecule has 0 fully saturated rings. The number of aromatic hydroxyl groups is 1. The number of rotatable bonds is 3. The van der Waals surface area contributed by atoms with E-state index in [1.165, 1.54) is 4.57 Å². The molecule has 130 valence electrons. The Labute approximate surface area is 163 Å². The van der Waals surface area contributed by atoms with Crippen LogP contribution in [0.4, 0.5) is 5.69 Å². The topological polar surface area (TPSA) is 54.6 Å². The molecule has 0 saturated heterocycles. The van der Waals surface area contributed by atoms with E-state index in [-0.39, 0.29) is 17.3 Å². The number of thiazole rings is 1. The van der Waals surface area contributed by atoms with Crippen molar-refractivity contribution in [3.8, 4) is 5.88 Å². The average molecular weight is 403 g/mol. The number of nitrogens with zero attached hydrogens (tertiary/aromatic N) is 2. The Morgan fingerprint density at radius 3 is 2.77 bits per heavy atom. The van der Waals surface area contributed by atoms with Crippen LogP contribution >= 0.6 is 34.5 Å². The minimum absolute atomic E-state index is 0.0728. The van der Waals surface area contributed by atoms with E-state index in [4.69, 9.17) is 23.2 Å². The quantitative estimate of drug-likeness (QED) is 0.651. The highest BCUT2D eigenvalue weighted by molar-refractivity contribution is 7.10. The summed E-state index contributed by atoms with van der Waals surface area (Å²) in [5.74, 6) is -0.0728. The summed E-state index contributed by atoms with van der Waals surface area (Å²) in [7, 11) is 0. The Balaban J connectivity index is 1.70. The summed E-state index contributed by atoms with van der Waals surface area (Å²) in [6.45, 7) is 0.214. The average Bonchev–Trinajstić information content (AvgIpc) is 3.15. The Morgan fingerprint density at radius 1 is 1.15 bits per heavy atom. The molecule has 0 bridgehead atoms. The fourth-order valence-corrected chi connectivity index (χ4v) is 3.92. The fraction of sp³-hybridized carbons (Fsp3) is 0.0526. The molecule has 0 atom stereocenters. The summed E-state index contributed by atoms with van der Waals surface area (Å²) < 4.78 is 1.31. The fourth-order valence-electron chi connectivity index (χ4n) is 2.76. The van der Waals surface area contributed by atoms with E-state index in [9.17, 15) is 9.90 Å². The largest absolute Gasteiger partial charge is 0.493 e. The number of aliphatic imine (C=N–C) groups is 1. The zero-order valence-electron chi connectivity index (χ0n) is 13.3. The second-order valence-electron chi connectivity index (χ2n) is 5.77.